The van der Waals surface area contributed by atoms with E-state index in [1.54, 1.807) is 0 Å². The first-order valence-corrected chi connectivity index (χ1v) is 5.13. The van der Waals surface area contributed by atoms with Gasteiger partial charge in [0.1, 0.15) is 6.10 Å². The third kappa shape index (κ3) is 1.85. The number of nitrogens with one attached hydrogen (secondary N) is 1. The lowest BCUT2D eigenvalue weighted by Gasteiger charge is -2.39. The molecule has 0 unspecified atom stereocenters. The quantitative estimate of drug-likeness (QED) is 0.699. The summed E-state index contributed by atoms with van der Waals surface area (Å²) >= 11 is 0. The van der Waals surface area contributed by atoms with E-state index >= 15 is 0 Å². The van der Waals surface area contributed by atoms with Gasteiger partial charge in [-0.1, -0.05) is 0 Å². The minimum atomic E-state index is -0.169. The van der Waals surface area contributed by atoms with Crippen molar-refractivity contribution in [1.82, 2.24) is 5.32 Å². The Hall–Kier alpha value is -0.570. The summed E-state index contributed by atoms with van der Waals surface area (Å²) in [5.41, 5.74) is 0.0725. The van der Waals surface area contributed by atoms with Crippen molar-refractivity contribution < 1.29 is 9.53 Å². The summed E-state index contributed by atoms with van der Waals surface area (Å²) in [4.78, 5) is 11.6. The Morgan fingerprint density at radius 1 is 1.46 bits per heavy atom. The molecule has 0 radical (unpaired) electrons. The van der Waals surface area contributed by atoms with Gasteiger partial charge in [-0.2, -0.15) is 0 Å². The molecule has 3 heteroatoms. The summed E-state index contributed by atoms with van der Waals surface area (Å²) in [7, 11) is 0. The van der Waals surface area contributed by atoms with Crippen LogP contribution in [0.15, 0.2) is 0 Å². The number of carbonyl (C=O) groups excluding carboxylic acids is 1. The Kier molecular flexibility index (Phi) is 2.28. The van der Waals surface area contributed by atoms with Crippen molar-refractivity contribution in [2.24, 2.45) is 0 Å². The van der Waals surface area contributed by atoms with Crippen molar-refractivity contribution in [2.75, 3.05) is 6.61 Å². The van der Waals surface area contributed by atoms with Gasteiger partial charge in [-0.05, 0) is 39.0 Å². The van der Waals surface area contributed by atoms with Gasteiger partial charge >= 0.3 is 0 Å². The van der Waals surface area contributed by atoms with Crippen molar-refractivity contribution in [3.63, 3.8) is 0 Å². The van der Waals surface area contributed by atoms with E-state index in [4.69, 9.17) is 4.74 Å². The van der Waals surface area contributed by atoms with Gasteiger partial charge in [-0.3, -0.25) is 4.79 Å². The summed E-state index contributed by atoms with van der Waals surface area (Å²) in [5, 5.41) is 3.07. The molecule has 2 fully saturated rings. The Morgan fingerprint density at radius 3 is 2.69 bits per heavy atom. The van der Waals surface area contributed by atoms with Crippen LogP contribution in [0.2, 0.25) is 0 Å². The average molecular weight is 183 g/mol. The number of ether oxygens (including phenoxy) is 1. The molecular weight excluding hydrogens is 166 g/mol. The first kappa shape index (κ1) is 9.00. The van der Waals surface area contributed by atoms with E-state index in [1.807, 2.05) is 0 Å². The van der Waals surface area contributed by atoms with Crippen LogP contribution < -0.4 is 5.32 Å². The molecule has 1 aliphatic carbocycles. The van der Waals surface area contributed by atoms with E-state index in [-0.39, 0.29) is 17.6 Å². The smallest absolute Gasteiger partial charge is 0.249 e. The van der Waals surface area contributed by atoms with Crippen molar-refractivity contribution in [3.8, 4) is 0 Å². The fourth-order valence-electron chi connectivity index (χ4n) is 1.99. The van der Waals surface area contributed by atoms with Crippen LogP contribution in [-0.4, -0.2) is 24.2 Å². The van der Waals surface area contributed by atoms with Gasteiger partial charge < -0.3 is 10.1 Å². The van der Waals surface area contributed by atoms with Gasteiger partial charge in [0.05, 0.1) is 0 Å². The monoisotopic (exact) mass is 183 g/mol. The first-order valence-electron chi connectivity index (χ1n) is 5.13. The topological polar surface area (TPSA) is 38.3 Å². The molecule has 1 saturated heterocycles. The second-order valence-corrected chi connectivity index (χ2v) is 4.41. The predicted octanol–water partition coefficient (Wildman–Crippen LogP) is 1.22. The number of amides is 1. The molecule has 13 heavy (non-hydrogen) atoms. The standard InChI is InChI=1S/C10H17NO2/c1-10(5-3-6-10)11-9(12)8-4-2-7-13-8/h8H,2-7H2,1H3,(H,11,12)/t8-/m0/s1. The summed E-state index contributed by atoms with van der Waals surface area (Å²) in [5.74, 6) is 0.0969. The molecule has 0 bridgehead atoms. The van der Waals surface area contributed by atoms with Crippen LogP contribution in [0, 0.1) is 0 Å². The molecule has 1 heterocycles. The molecule has 1 N–H and O–H groups in total. The molecular formula is C10H17NO2. The Morgan fingerprint density at radius 2 is 2.23 bits per heavy atom. The van der Waals surface area contributed by atoms with E-state index in [0.717, 1.165) is 32.3 Å². The highest BCUT2D eigenvalue weighted by molar-refractivity contribution is 5.81. The molecule has 0 spiro atoms. The van der Waals surface area contributed by atoms with E-state index in [0.29, 0.717) is 0 Å². The zero-order chi connectivity index (χ0) is 9.31. The summed E-state index contributed by atoms with van der Waals surface area (Å²) in [6.07, 6.45) is 5.22. The zero-order valence-corrected chi connectivity index (χ0v) is 8.14. The maximum atomic E-state index is 11.6. The van der Waals surface area contributed by atoms with Crippen LogP contribution >= 0.6 is 0 Å². The lowest BCUT2D eigenvalue weighted by molar-refractivity contribution is -0.132. The van der Waals surface area contributed by atoms with Gasteiger partial charge in [-0.25, -0.2) is 0 Å². The third-order valence-electron chi connectivity index (χ3n) is 3.10. The lowest BCUT2D eigenvalue weighted by atomic mass is 9.78. The minimum Gasteiger partial charge on any atom is -0.368 e. The SMILES string of the molecule is CC1(NC(=O)[C@@H]2CCCO2)CCC1. The zero-order valence-electron chi connectivity index (χ0n) is 8.14. The molecule has 74 valence electrons. The van der Waals surface area contributed by atoms with E-state index < -0.39 is 0 Å². The Labute approximate surface area is 78.8 Å². The molecule has 1 saturated carbocycles. The largest absolute Gasteiger partial charge is 0.368 e. The summed E-state index contributed by atoms with van der Waals surface area (Å²) in [6.45, 7) is 2.86. The van der Waals surface area contributed by atoms with Gasteiger partial charge in [0.2, 0.25) is 5.91 Å². The first-order chi connectivity index (χ1) is 6.20. The van der Waals surface area contributed by atoms with Crippen LogP contribution in [0.4, 0.5) is 0 Å². The second kappa shape index (κ2) is 3.29. The lowest BCUT2D eigenvalue weighted by Crippen LogP contribution is -2.53. The van der Waals surface area contributed by atoms with Crippen molar-refractivity contribution in [1.29, 1.82) is 0 Å². The minimum absolute atomic E-state index is 0.0725. The van der Waals surface area contributed by atoms with Crippen molar-refractivity contribution in [3.05, 3.63) is 0 Å². The molecule has 2 rings (SSSR count). The number of carbonyl (C=O) groups is 1. The predicted molar refractivity (Wildman–Crippen MR) is 49.4 cm³/mol. The maximum Gasteiger partial charge on any atom is 0.249 e. The summed E-state index contributed by atoms with van der Waals surface area (Å²) < 4.78 is 5.32. The highest BCUT2D eigenvalue weighted by Gasteiger charge is 2.35. The van der Waals surface area contributed by atoms with Crippen molar-refractivity contribution >= 4 is 5.91 Å². The van der Waals surface area contributed by atoms with Crippen LogP contribution in [0.25, 0.3) is 0 Å². The van der Waals surface area contributed by atoms with E-state index in [1.165, 1.54) is 6.42 Å². The second-order valence-electron chi connectivity index (χ2n) is 4.41. The number of hydrogen-bond donors (Lipinski definition) is 1. The number of hydrogen-bond acceptors (Lipinski definition) is 2. The van der Waals surface area contributed by atoms with E-state index in [9.17, 15) is 4.79 Å². The molecule has 0 aromatic carbocycles. The maximum absolute atomic E-state index is 11.6. The van der Waals surface area contributed by atoms with Gasteiger partial charge in [0.25, 0.3) is 0 Å². The Balaban J connectivity index is 1.83. The number of rotatable bonds is 2. The van der Waals surface area contributed by atoms with Gasteiger partial charge in [-0.15, -0.1) is 0 Å². The fraction of sp³-hybridized carbons (Fsp3) is 0.900. The molecule has 2 aliphatic rings. The Bertz CT molecular complexity index is 205. The average Bonchev–Trinajstić information content (AvgIpc) is 2.53. The molecule has 1 atom stereocenters. The van der Waals surface area contributed by atoms with Gasteiger partial charge in [0, 0.05) is 12.1 Å². The summed E-state index contributed by atoms with van der Waals surface area (Å²) in [6, 6.07) is 0. The highest BCUT2D eigenvalue weighted by Crippen LogP contribution is 2.31. The molecule has 3 nitrogen and oxygen atoms in total. The van der Waals surface area contributed by atoms with Crippen LogP contribution in [-0.2, 0) is 9.53 Å². The van der Waals surface area contributed by atoms with Crippen LogP contribution in [0.5, 0.6) is 0 Å². The molecule has 1 aliphatic heterocycles. The molecule has 0 aromatic rings. The third-order valence-corrected chi connectivity index (χ3v) is 3.10. The normalized spacial score (nSPS) is 31.0. The fourth-order valence-corrected chi connectivity index (χ4v) is 1.99. The van der Waals surface area contributed by atoms with Crippen LogP contribution in [0.3, 0.4) is 0 Å². The highest BCUT2D eigenvalue weighted by atomic mass is 16.5. The van der Waals surface area contributed by atoms with Crippen LogP contribution in [0.1, 0.15) is 39.0 Å². The molecule has 1 amide bonds. The van der Waals surface area contributed by atoms with Crippen molar-refractivity contribution in [2.45, 2.75) is 50.7 Å². The van der Waals surface area contributed by atoms with Gasteiger partial charge in [0.15, 0.2) is 0 Å². The van der Waals surface area contributed by atoms with E-state index in [2.05, 4.69) is 12.2 Å². The molecule has 0 aromatic heterocycles.